The standard InChI is InChI=1S/C13H21ClN2O/c1-10(15)8-11-9-12(14)4-5-13(11)16(2)6-7-17-3/h4-5,9-10H,6-8,15H2,1-3H3. The molecule has 3 nitrogen and oxygen atoms in total. The zero-order chi connectivity index (χ0) is 12.8. The number of benzene rings is 1. The molecule has 0 radical (unpaired) electrons. The van der Waals surface area contributed by atoms with E-state index in [1.54, 1.807) is 7.11 Å². The summed E-state index contributed by atoms with van der Waals surface area (Å²) in [6.45, 7) is 3.56. The van der Waals surface area contributed by atoms with E-state index in [0.717, 1.165) is 18.0 Å². The van der Waals surface area contributed by atoms with Crippen molar-refractivity contribution in [2.24, 2.45) is 5.73 Å². The van der Waals surface area contributed by atoms with Crippen LogP contribution >= 0.6 is 11.6 Å². The molecule has 96 valence electrons. The van der Waals surface area contributed by atoms with Crippen molar-refractivity contribution in [3.05, 3.63) is 28.8 Å². The Morgan fingerprint density at radius 1 is 1.47 bits per heavy atom. The first kappa shape index (κ1) is 14.3. The van der Waals surface area contributed by atoms with E-state index >= 15 is 0 Å². The summed E-state index contributed by atoms with van der Waals surface area (Å²) >= 11 is 6.03. The topological polar surface area (TPSA) is 38.5 Å². The van der Waals surface area contributed by atoms with Crippen LogP contribution in [0.25, 0.3) is 0 Å². The lowest BCUT2D eigenvalue weighted by atomic mass is 10.0. The number of hydrogen-bond acceptors (Lipinski definition) is 3. The van der Waals surface area contributed by atoms with Gasteiger partial charge in [-0.3, -0.25) is 0 Å². The van der Waals surface area contributed by atoms with Crippen LogP contribution in [0.5, 0.6) is 0 Å². The maximum atomic E-state index is 6.03. The fourth-order valence-corrected chi connectivity index (χ4v) is 1.98. The summed E-state index contributed by atoms with van der Waals surface area (Å²) in [5, 5.41) is 0.754. The number of anilines is 1. The molecule has 0 saturated heterocycles. The van der Waals surface area contributed by atoms with Crippen LogP contribution in [0, 0.1) is 0 Å². The van der Waals surface area contributed by atoms with Gasteiger partial charge in [0, 0.05) is 37.5 Å². The third kappa shape index (κ3) is 4.54. The lowest BCUT2D eigenvalue weighted by Crippen LogP contribution is -2.25. The lowest BCUT2D eigenvalue weighted by Gasteiger charge is -2.23. The van der Waals surface area contributed by atoms with Crippen molar-refractivity contribution in [3.63, 3.8) is 0 Å². The van der Waals surface area contributed by atoms with Crippen LogP contribution < -0.4 is 10.6 Å². The van der Waals surface area contributed by atoms with Crippen LogP contribution in [0.3, 0.4) is 0 Å². The highest BCUT2D eigenvalue weighted by atomic mass is 35.5. The van der Waals surface area contributed by atoms with Gasteiger partial charge in [-0.05, 0) is 37.1 Å². The van der Waals surface area contributed by atoms with E-state index in [1.165, 1.54) is 11.3 Å². The molecular weight excluding hydrogens is 236 g/mol. The second-order valence-electron chi connectivity index (χ2n) is 4.37. The molecule has 0 heterocycles. The van der Waals surface area contributed by atoms with Gasteiger partial charge in [-0.2, -0.15) is 0 Å². The first-order valence-electron chi connectivity index (χ1n) is 5.78. The Balaban J connectivity index is 2.88. The summed E-state index contributed by atoms with van der Waals surface area (Å²) in [5.74, 6) is 0. The highest BCUT2D eigenvalue weighted by Gasteiger charge is 2.09. The van der Waals surface area contributed by atoms with Gasteiger partial charge in [0.25, 0.3) is 0 Å². The molecule has 0 aliphatic rings. The van der Waals surface area contributed by atoms with E-state index in [4.69, 9.17) is 22.1 Å². The van der Waals surface area contributed by atoms with E-state index < -0.39 is 0 Å². The van der Waals surface area contributed by atoms with E-state index in [1.807, 2.05) is 32.2 Å². The molecule has 0 saturated carbocycles. The highest BCUT2D eigenvalue weighted by Crippen LogP contribution is 2.24. The molecule has 17 heavy (non-hydrogen) atoms. The monoisotopic (exact) mass is 256 g/mol. The van der Waals surface area contributed by atoms with Crippen molar-refractivity contribution in [1.29, 1.82) is 0 Å². The average molecular weight is 257 g/mol. The summed E-state index contributed by atoms with van der Waals surface area (Å²) in [6.07, 6.45) is 0.827. The van der Waals surface area contributed by atoms with Crippen LogP contribution in [-0.2, 0) is 11.2 Å². The van der Waals surface area contributed by atoms with E-state index in [-0.39, 0.29) is 6.04 Å². The Morgan fingerprint density at radius 3 is 2.76 bits per heavy atom. The van der Waals surface area contributed by atoms with Gasteiger partial charge in [-0.25, -0.2) is 0 Å². The zero-order valence-corrected chi connectivity index (χ0v) is 11.5. The van der Waals surface area contributed by atoms with Crippen molar-refractivity contribution in [3.8, 4) is 0 Å². The number of likely N-dealkylation sites (N-methyl/N-ethyl adjacent to an activating group) is 1. The van der Waals surface area contributed by atoms with Crippen molar-refractivity contribution < 1.29 is 4.74 Å². The van der Waals surface area contributed by atoms with Crippen LogP contribution in [0.1, 0.15) is 12.5 Å². The summed E-state index contributed by atoms with van der Waals surface area (Å²) in [6, 6.07) is 6.06. The second kappa shape index (κ2) is 6.84. The van der Waals surface area contributed by atoms with Crippen LogP contribution in [0.2, 0.25) is 5.02 Å². The predicted molar refractivity (Wildman–Crippen MR) is 74.0 cm³/mol. The Morgan fingerprint density at radius 2 is 2.18 bits per heavy atom. The van der Waals surface area contributed by atoms with Gasteiger partial charge < -0.3 is 15.4 Å². The third-order valence-electron chi connectivity index (χ3n) is 2.63. The summed E-state index contributed by atoms with van der Waals surface area (Å²) in [7, 11) is 3.76. The highest BCUT2D eigenvalue weighted by molar-refractivity contribution is 6.30. The molecule has 1 unspecified atom stereocenters. The maximum absolute atomic E-state index is 6.03. The smallest absolute Gasteiger partial charge is 0.0637 e. The fraction of sp³-hybridized carbons (Fsp3) is 0.538. The molecule has 4 heteroatoms. The molecule has 0 aliphatic carbocycles. The van der Waals surface area contributed by atoms with Gasteiger partial charge in [-0.15, -0.1) is 0 Å². The number of nitrogens with zero attached hydrogens (tertiary/aromatic N) is 1. The molecule has 0 aliphatic heterocycles. The minimum Gasteiger partial charge on any atom is -0.383 e. The number of rotatable bonds is 6. The third-order valence-corrected chi connectivity index (χ3v) is 2.86. The van der Waals surface area contributed by atoms with Gasteiger partial charge >= 0.3 is 0 Å². The lowest BCUT2D eigenvalue weighted by molar-refractivity contribution is 0.206. The molecule has 1 atom stereocenters. The minimum atomic E-state index is 0.128. The molecule has 0 fully saturated rings. The first-order valence-corrected chi connectivity index (χ1v) is 6.16. The molecule has 0 bridgehead atoms. The van der Waals surface area contributed by atoms with Crippen LogP contribution in [-0.4, -0.2) is 33.4 Å². The van der Waals surface area contributed by atoms with E-state index in [9.17, 15) is 0 Å². The second-order valence-corrected chi connectivity index (χ2v) is 4.81. The molecular formula is C13H21ClN2O. The van der Waals surface area contributed by atoms with Gasteiger partial charge in [0.2, 0.25) is 0 Å². The minimum absolute atomic E-state index is 0.128. The fourth-order valence-electron chi connectivity index (χ4n) is 1.79. The van der Waals surface area contributed by atoms with Crippen LogP contribution in [0.4, 0.5) is 5.69 Å². The molecule has 1 aromatic carbocycles. The van der Waals surface area contributed by atoms with Gasteiger partial charge in [0.05, 0.1) is 6.61 Å². The van der Waals surface area contributed by atoms with Crippen molar-refractivity contribution in [2.75, 3.05) is 32.2 Å². The van der Waals surface area contributed by atoms with Gasteiger partial charge in [-0.1, -0.05) is 11.6 Å². The van der Waals surface area contributed by atoms with Crippen molar-refractivity contribution >= 4 is 17.3 Å². The van der Waals surface area contributed by atoms with E-state index in [0.29, 0.717) is 6.61 Å². The molecule has 0 aromatic heterocycles. The SMILES string of the molecule is COCCN(C)c1ccc(Cl)cc1CC(C)N. The Labute approximate surface area is 109 Å². The quantitative estimate of drug-likeness (QED) is 0.849. The molecule has 2 N–H and O–H groups in total. The molecule has 0 amide bonds. The zero-order valence-electron chi connectivity index (χ0n) is 10.7. The Hall–Kier alpha value is -0.770. The normalized spacial score (nSPS) is 12.5. The Kier molecular flexibility index (Phi) is 5.75. The number of nitrogens with two attached hydrogens (primary N) is 1. The number of halogens is 1. The maximum Gasteiger partial charge on any atom is 0.0637 e. The van der Waals surface area contributed by atoms with Crippen molar-refractivity contribution in [2.45, 2.75) is 19.4 Å². The van der Waals surface area contributed by atoms with Crippen LogP contribution in [0.15, 0.2) is 18.2 Å². The average Bonchev–Trinajstić information content (AvgIpc) is 2.25. The summed E-state index contributed by atoms with van der Waals surface area (Å²) in [5.41, 5.74) is 8.21. The van der Waals surface area contributed by atoms with Crippen molar-refractivity contribution in [1.82, 2.24) is 0 Å². The predicted octanol–water partition coefficient (Wildman–Crippen LogP) is 2.31. The number of methoxy groups -OCH3 is 1. The Bertz CT molecular complexity index is 355. The summed E-state index contributed by atoms with van der Waals surface area (Å²) < 4.78 is 5.09. The van der Waals surface area contributed by atoms with Gasteiger partial charge in [0.1, 0.15) is 0 Å². The first-order chi connectivity index (χ1) is 8.04. The van der Waals surface area contributed by atoms with Gasteiger partial charge in [0.15, 0.2) is 0 Å². The molecule has 0 spiro atoms. The number of ether oxygens (including phenoxy) is 1. The summed E-state index contributed by atoms with van der Waals surface area (Å²) in [4.78, 5) is 2.16. The van der Waals surface area contributed by atoms with E-state index in [2.05, 4.69) is 4.90 Å². The largest absolute Gasteiger partial charge is 0.383 e. The molecule has 1 aromatic rings. The molecule has 1 rings (SSSR count). The number of hydrogen-bond donors (Lipinski definition) is 1.